The van der Waals surface area contributed by atoms with E-state index in [0.29, 0.717) is 19.2 Å². The number of para-hydroxylation sites is 1. The molecule has 0 radical (unpaired) electrons. The monoisotopic (exact) mass is 399 g/mol. The smallest absolute Gasteiger partial charge is 0.320 e. The number of carboxylic acids is 1. The average Bonchev–Trinajstić information content (AvgIpc) is 2.86. The predicted octanol–water partition coefficient (Wildman–Crippen LogP) is 2.45. The molecule has 2 rings (SSSR count). The van der Waals surface area contributed by atoms with Crippen LogP contribution in [0, 0.1) is 5.41 Å². The number of carboxylic acid groups (broad SMARTS) is 1. The molecular weight excluding hydrogens is 370 g/mol. The van der Waals surface area contributed by atoms with Crippen molar-refractivity contribution in [3.8, 4) is 0 Å². The van der Waals surface area contributed by atoms with Crippen molar-refractivity contribution in [3.63, 3.8) is 0 Å². The zero-order valence-corrected chi connectivity index (χ0v) is 17.2. The van der Waals surface area contributed by atoms with Crippen molar-refractivity contribution in [2.45, 2.75) is 46.2 Å². The first-order chi connectivity index (χ1) is 12.3. The molecule has 1 aromatic heterocycles. The first-order valence-corrected chi connectivity index (χ1v) is 10.4. The lowest BCUT2D eigenvalue weighted by Crippen LogP contribution is -2.37. The number of nitrogens with one attached hydrogen (secondary N) is 1. The fourth-order valence-corrected chi connectivity index (χ4v) is 2.48. The van der Waals surface area contributed by atoms with Crippen LogP contribution in [-0.2, 0) is 28.5 Å². The highest BCUT2D eigenvalue weighted by atomic mass is 32.2. The van der Waals surface area contributed by atoms with E-state index in [1.165, 1.54) is 0 Å². The standard InChI is InChI=1S/C17H25N3O2.CH4O3S/c1-17(2,3)9-8-13(16(21)22)18-10-12-6-5-7-14-15(12)19-11-20(14)4;1-5(2,3)4/h5-7,11,13,18H,8-10H2,1-4H3,(H,21,22);1H3,(H,2,3,4). The molecule has 0 fully saturated rings. The van der Waals surface area contributed by atoms with Crippen molar-refractivity contribution < 1.29 is 22.9 Å². The third-order valence-electron chi connectivity index (χ3n) is 3.86. The van der Waals surface area contributed by atoms with Crippen LogP contribution in [0.2, 0.25) is 0 Å². The summed E-state index contributed by atoms with van der Waals surface area (Å²) in [5.74, 6) is -0.794. The summed E-state index contributed by atoms with van der Waals surface area (Å²) in [5.41, 5.74) is 3.15. The molecule has 1 aromatic carbocycles. The van der Waals surface area contributed by atoms with Gasteiger partial charge in [0.2, 0.25) is 0 Å². The lowest BCUT2D eigenvalue weighted by Gasteiger charge is -2.21. The molecule has 0 aliphatic rings. The van der Waals surface area contributed by atoms with E-state index < -0.39 is 22.1 Å². The van der Waals surface area contributed by atoms with Crippen LogP contribution >= 0.6 is 0 Å². The van der Waals surface area contributed by atoms with Crippen molar-refractivity contribution in [1.29, 1.82) is 0 Å². The largest absolute Gasteiger partial charge is 0.480 e. The molecular formula is C18H29N3O5S. The zero-order valence-electron chi connectivity index (χ0n) is 16.4. The van der Waals surface area contributed by atoms with E-state index >= 15 is 0 Å². The van der Waals surface area contributed by atoms with Gasteiger partial charge in [-0.3, -0.25) is 9.35 Å². The third-order valence-corrected chi connectivity index (χ3v) is 3.86. The van der Waals surface area contributed by atoms with Gasteiger partial charge in [-0.1, -0.05) is 32.9 Å². The summed E-state index contributed by atoms with van der Waals surface area (Å²) in [4.78, 5) is 15.8. The number of carbonyl (C=O) groups is 1. The quantitative estimate of drug-likeness (QED) is 0.638. The Kier molecular flexibility index (Phi) is 7.94. The van der Waals surface area contributed by atoms with Crippen LogP contribution in [-0.4, -0.2) is 45.9 Å². The van der Waals surface area contributed by atoms with Crippen LogP contribution in [0.4, 0.5) is 0 Å². The molecule has 8 nitrogen and oxygen atoms in total. The van der Waals surface area contributed by atoms with Crippen LogP contribution in [0.3, 0.4) is 0 Å². The van der Waals surface area contributed by atoms with Crippen molar-refractivity contribution in [3.05, 3.63) is 30.1 Å². The summed E-state index contributed by atoms with van der Waals surface area (Å²) < 4.78 is 27.8. The van der Waals surface area contributed by atoms with Crippen molar-refractivity contribution in [1.82, 2.24) is 14.9 Å². The lowest BCUT2D eigenvalue weighted by atomic mass is 9.88. The maximum absolute atomic E-state index is 11.4. The maximum atomic E-state index is 11.4. The van der Waals surface area contributed by atoms with E-state index in [1.54, 1.807) is 6.33 Å². The van der Waals surface area contributed by atoms with Gasteiger partial charge in [0.05, 0.1) is 23.6 Å². The van der Waals surface area contributed by atoms with E-state index in [1.807, 2.05) is 29.8 Å². The number of imidazole rings is 1. The minimum atomic E-state index is -3.67. The molecule has 3 N–H and O–H groups in total. The molecule has 0 saturated heterocycles. The fraction of sp³-hybridized carbons (Fsp3) is 0.556. The van der Waals surface area contributed by atoms with Crippen LogP contribution in [0.1, 0.15) is 39.2 Å². The topological polar surface area (TPSA) is 122 Å². The molecule has 1 atom stereocenters. The highest BCUT2D eigenvalue weighted by molar-refractivity contribution is 7.85. The van der Waals surface area contributed by atoms with Gasteiger partial charge in [0, 0.05) is 13.6 Å². The van der Waals surface area contributed by atoms with Gasteiger partial charge in [0.1, 0.15) is 6.04 Å². The van der Waals surface area contributed by atoms with Gasteiger partial charge in [0.15, 0.2) is 0 Å². The Morgan fingerprint density at radius 2 is 1.93 bits per heavy atom. The fourth-order valence-electron chi connectivity index (χ4n) is 2.48. The van der Waals surface area contributed by atoms with Gasteiger partial charge in [-0.15, -0.1) is 0 Å². The van der Waals surface area contributed by atoms with E-state index in [2.05, 4.69) is 31.1 Å². The van der Waals surface area contributed by atoms with Crippen LogP contribution < -0.4 is 5.32 Å². The molecule has 1 heterocycles. The molecule has 0 saturated carbocycles. The molecule has 0 bridgehead atoms. The second-order valence-electron chi connectivity index (χ2n) is 7.74. The summed E-state index contributed by atoms with van der Waals surface area (Å²) in [6.45, 7) is 6.89. The van der Waals surface area contributed by atoms with Crippen molar-refractivity contribution >= 4 is 27.1 Å². The van der Waals surface area contributed by atoms with Gasteiger partial charge in [0.25, 0.3) is 10.1 Å². The number of aryl methyl sites for hydroxylation is 1. The molecule has 27 heavy (non-hydrogen) atoms. The van der Waals surface area contributed by atoms with Gasteiger partial charge in [-0.25, -0.2) is 4.98 Å². The van der Waals surface area contributed by atoms with Gasteiger partial charge < -0.3 is 15.0 Å². The Morgan fingerprint density at radius 3 is 2.44 bits per heavy atom. The first kappa shape index (κ1) is 23.1. The van der Waals surface area contributed by atoms with Crippen LogP contribution in [0.15, 0.2) is 24.5 Å². The number of hydrogen-bond donors (Lipinski definition) is 3. The number of hydrogen-bond acceptors (Lipinski definition) is 5. The van der Waals surface area contributed by atoms with Crippen molar-refractivity contribution in [2.75, 3.05) is 6.26 Å². The summed E-state index contributed by atoms with van der Waals surface area (Å²) >= 11 is 0. The molecule has 0 amide bonds. The normalized spacial score (nSPS) is 13.1. The molecule has 9 heteroatoms. The summed E-state index contributed by atoms with van der Waals surface area (Å²) in [6.07, 6.45) is 3.98. The Bertz CT molecular complexity index is 861. The second kappa shape index (κ2) is 9.29. The Morgan fingerprint density at radius 1 is 1.33 bits per heavy atom. The van der Waals surface area contributed by atoms with Gasteiger partial charge >= 0.3 is 5.97 Å². The van der Waals surface area contributed by atoms with Crippen LogP contribution in [0.5, 0.6) is 0 Å². The summed E-state index contributed by atoms with van der Waals surface area (Å²) in [7, 11) is -1.71. The Balaban J connectivity index is 0.000000646. The number of aliphatic carboxylic acids is 1. The Labute approximate surface area is 160 Å². The SMILES string of the molecule is CS(=O)(=O)O.Cn1cnc2c(CNC(CCC(C)(C)C)C(=O)O)cccc21. The minimum Gasteiger partial charge on any atom is -0.480 e. The van der Waals surface area contributed by atoms with E-state index in [0.717, 1.165) is 23.0 Å². The third kappa shape index (κ3) is 8.98. The van der Waals surface area contributed by atoms with Crippen LogP contribution in [0.25, 0.3) is 11.0 Å². The Hall–Kier alpha value is -1.97. The van der Waals surface area contributed by atoms with Crippen molar-refractivity contribution in [2.24, 2.45) is 12.5 Å². The lowest BCUT2D eigenvalue weighted by molar-refractivity contribution is -0.139. The summed E-state index contributed by atoms with van der Waals surface area (Å²) in [5, 5.41) is 12.5. The predicted molar refractivity (Wildman–Crippen MR) is 105 cm³/mol. The van der Waals surface area contributed by atoms with E-state index in [-0.39, 0.29) is 5.41 Å². The highest BCUT2D eigenvalue weighted by Crippen LogP contribution is 2.22. The van der Waals surface area contributed by atoms with Gasteiger partial charge in [-0.2, -0.15) is 8.42 Å². The maximum Gasteiger partial charge on any atom is 0.320 e. The summed E-state index contributed by atoms with van der Waals surface area (Å²) in [6, 6.07) is 5.45. The molecule has 1 unspecified atom stereocenters. The number of benzene rings is 1. The zero-order chi connectivity index (χ0) is 20.8. The number of fused-ring (bicyclic) bond motifs is 1. The molecule has 152 valence electrons. The highest BCUT2D eigenvalue weighted by Gasteiger charge is 2.20. The molecule has 0 aliphatic heterocycles. The number of nitrogens with zero attached hydrogens (tertiary/aromatic N) is 2. The molecule has 0 spiro atoms. The average molecular weight is 400 g/mol. The molecule has 2 aromatic rings. The molecule has 0 aliphatic carbocycles. The van der Waals surface area contributed by atoms with Gasteiger partial charge in [-0.05, 0) is 29.9 Å². The second-order valence-corrected chi connectivity index (χ2v) is 9.21. The minimum absolute atomic E-state index is 0.135. The first-order valence-electron chi connectivity index (χ1n) is 8.55. The van der Waals surface area contributed by atoms with E-state index in [9.17, 15) is 18.3 Å². The van der Waals surface area contributed by atoms with E-state index in [4.69, 9.17) is 4.55 Å². The number of rotatable bonds is 6. The number of aromatic nitrogens is 2.